The highest BCUT2D eigenvalue weighted by atomic mass is 16.5. The van der Waals surface area contributed by atoms with Crippen LogP contribution in [-0.4, -0.2) is 18.3 Å². The minimum absolute atomic E-state index is 0.0356. The van der Waals surface area contributed by atoms with Gasteiger partial charge in [0.25, 0.3) is 0 Å². The molecule has 2 aromatic carbocycles. The largest absolute Gasteiger partial charge is 0.494 e. The number of para-hydroxylation sites is 1. The zero-order valence-electron chi connectivity index (χ0n) is 15.4. The SMILES string of the molecule is CCOc1ccccc1C1CC(=O)NC2=C1C(=O)CC(c1ccccc1)C2. The van der Waals surface area contributed by atoms with Gasteiger partial charge in [0, 0.05) is 35.6 Å². The first-order valence-electron chi connectivity index (χ1n) is 9.50. The first-order chi connectivity index (χ1) is 13.2. The van der Waals surface area contributed by atoms with Crippen LogP contribution >= 0.6 is 0 Å². The Morgan fingerprint density at radius 3 is 2.48 bits per heavy atom. The van der Waals surface area contributed by atoms with Crippen molar-refractivity contribution in [3.05, 3.63) is 77.0 Å². The molecule has 2 aromatic rings. The molecular weight excluding hydrogens is 338 g/mol. The van der Waals surface area contributed by atoms with Crippen LogP contribution in [0, 0.1) is 0 Å². The molecule has 1 aliphatic carbocycles. The molecule has 1 amide bonds. The van der Waals surface area contributed by atoms with Gasteiger partial charge in [0.05, 0.1) is 6.61 Å². The topological polar surface area (TPSA) is 55.4 Å². The van der Waals surface area contributed by atoms with Crippen molar-refractivity contribution in [3.63, 3.8) is 0 Å². The molecule has 4 nitrogen and oxygen atoms in total. The summed E-state index contributed by atoms with van der Waals surface area (Å²) in [4.78, 5) is 25.5. The minimum Gasteiger partial charge on any atom is -0.494 e. The van der Waals surface area contributed by atoms with Gasteiger partial charge in [-0.3, -0.25) is 9.59 Å². The number of amides is 1. The highest BCUT2D eigenvalue weighted by Gasteiger charge is 2.39. The molecule has 1 heterocycles. The van der Waals surface area contributed by atoms with E-state index >= 15 is 0 Å². The van der Waals surface area contributed by atoms with Gasteiger partial charge < -0.3 is 10.1 Å². The molecule has 0 fully saturated rings. The highest BCUT2D eigenvalue weighted by molar-refractivity contribution is 6.02. The van der Waals surface area contributed by atoms with Crippen molar-refractivity contribution in [2.45, 2.75) is 38.0 Å². The molecule has 0 aromatic heterocycles. The molecule has 0 radical (unpaired) electrons. The maximum atomic E-state index is 13.1. The van der Waals surface area contributed by atoms with Crippen molar-refractivity contribution < 1.29 is 14.3 Å². The molecular formula is C23H23NO3. The summed E-state index contributed by atoms with van der Waals surface area (Å²) in [7, 11) is 0. The lowest BCUT2D eigenvalue weighted by Gasteiger charge is -2.35. The van der Waals surface area contributed by atoms with Gasteiger partial charge in [0.1, 0.15) is 5.75 Å². The molecule has 0 saturated carbocycles. The summed E-state index contributed by atoms with van der Waals surface area (Å²) in [5.41, 5.74) is 3.61. The van der Waals surface area contributed by atoms with E-state index < -0.39 is 0 Å². The average Bonchev–Trinajstić information content (AvgIpc) is 2.68. The lowest BCUT2D eigenvalue weighted by atomic mass is 9.73. The van der Waals surface area contributed by atoms with E-state index in [2.05, 4.69) is 17.4 Å². The van der Waals surface area contributed by atoms with Gasteiger partial charge in [-0.05, 0) is 30.9 Å². The zero-order chi connectivity index (χ0) is 18.8. The summed E-state index contributed by atoms with van der Waals surface area (Å²) in [6.45, 7) is 2.48. The van der Waals surface area contributed by atoms with Crippen LogP contribution in [0.5, 0.6) is 5.75 Å². The summed E-state index contributed by atoms with van der Waals surface area (Å²) >= 11 is 0. The van der Waals surface area contributed by atoms with E-state index in [1.54, 1.807) is 0 Å². The zero-order valence-corrected chi connectivity index (χ0v) is 15.4. The summed E-state index contributed by atoms with van der Waals surface area (Å²) in [6.07, 6.45) is 1.45. The van der Waals surface area contributed by atoms with E-state index in [1.165, 1.54) is 0 Å². The van der Waals surface area contributed by atoms with Crippen LogP contribution in [0.25, 0.3) is 0 Å². The second-order valence-electron chi connectivity index (χ2n) is 7.11. The maximum absolute atomic E-state index is 13.1. The number of Topliss-reactive ketones (excluding diaryl/α,β-unsaturated/α-hetero) is 1. The second kappa shape index (κ2) is 7.39. The molecule has 1 aliphatic heterocycles. The molecule has 0 bridgehead atoms. The van der Waals surface area contributed by atoms with Crippen LogP contribution < -0.4 is 10.1 Å². The van der Waals surface area contributed by atoms with Gasteiger partial charge >= 0.3 is 0 Å². The maximum Gasteiger partial charge on any atom is 0.225 e. The molecule has 1 N–H and O–H groups in total. The Morgan fingerprint density at radius 1 is 0.963 bits per heavy atom. The van der Waals surface area contributed by atoms with Crippen molar-refractivity contribution in [2.24, 2.45) is 0 Å². The van der Waals surface area contributed by atoms with E-state index in [0.29, 0.717) is 19.4 Å². The van der Waals surface area contributed by atoms with Crippen LogP contribution in [0.2, 0.25) is 0 Å². The van der Waals surface area contributed by atoms with Crippen LogP contribution in [-0.2, 0) is 9.59 Å². The van der Waals surface area contributed by atoms with Crippen molar-refractivity contribution >= 4 is 11.7 Å². The first kappa shape index (κ1) is 17.5. The number of nitrogens with one attached hydrogen (secondary N) is 1. The number of hydrogen-bond acceptors (Lipinski definition) is 3. The number of ether oxygens (including phenoxy) is 1. The lowest BCUT2D eigenvalue weighted by molar-refractivity contribution is -0.122. The van der Waals surface area contributed by atoms with Crippen LogP contribution in [0.3, 0.4) is 0 Å². The molecule has 138 valence electrons. The Bertz CT molecular complexity index is 901. The molecule has 27 heavy (non-hydrogen) atoms. The molecule has 4 rings (SSSR count). The predicted molar refractivity (Wildman–Crippen MR) is 104 cm³/mol. The number of benzene rings is 2. The predicted octanol–water partition coefficient (Wildman–Crippen LogP) is 4.09. The molecule has 0 saturated heterocycles. The number of allylic oxidation sites excluding steroid dienone is 2. The van der Waals surface area contributed by atoms with E-state index in [9.17, 15) is 9.59 Å². The van der Waals surface area contributed by atoms with Crippen LogP contribution in [0.1, 0.15) is 49.1 Å². The number of ketones is 1. The Balaban J connectivity index is 1.73. The Labute approximate surface area is 159 Å². The summed E-state index contributed by atoms with van der Waals surface area (Å²) in [5, 5.41) is 2.98. The third-order valence-electron chi connectivity index (χ3n) is 5.40. The van der Waals surface area contributed by atoms with Crippen molar-refractivity contribution in [1.82, 2.24) is 5.32 Å². The number of rotatable bonds is 4. The fourth-order valence-corrected chi connectivity index (χ4v) is 4.24. The smallest absolute Gasteiger partial charge is 0.225 e. The van der Waals surface area contributed by atoms with Gasteiger partial charge in [0.2, 0.25) is 5.91 Å². The fourth-order valence-electron chi connectivity index (χ4n) is 4.24. The van der Waals surface area contributed by atoms with Gasteiger partial charge in [-0.25, -0.2) is 0 Å². The van der Waals surface area contributed by atoms with Gasteiger partial charge in [-0.15, -0.1) is 0 Å². The third kappa shape index (κ3) is 3.39. The van der Waals surface area contributed by atoms with Gasteiger partial charge in [-0.2, -0.15) is 0 Å². The first-order valence-corrected chi connectivity index (χ1v) is 9.50. The molecule has 4 heteroatoms. The van der Waals surface area contributed by atoms with Crippen LogP contribution in [0.15, 0.2) is 65.9 Å². The lowest BCUT2D eigenvalue weighted by Crippen LogP contribution is -2.38. The molecule has 0 spiro atoms. The Hall–Kier alpha value is -2.88. The van der Waals surface area contributed by atoms with E-state index in [-0.39, 0.29) is 29.9 Å². The van der Waals surface area contributed by atoms with Crippen molar-refractivity contribution in [3.8, 4) is 5.75 Å². The van der Waals surface area contributed by atoms with Crippen LogP contribution in [0.4, 0.5) is 0 Å². The minimum atomic E-state index is -0.235. The van der Waals surface area contributed by atoms with E-state index in [0.717, 1.165) is 28.1 Å². The third-order valence-corrected chi connectivity index (χ3v) is 5.40. The monoisotopic (exact) mass is 361 g/mol. The quantitative estimate of drug-likeness (QED) is 0.892. The highest BCUT2D eigenvalue weighted by Crippen LogP contribution is 2.44. The van der Waals surface area contributed by atoms with Crippen molar-refractivity contribution in [1.29, 1.82) is 0 Å². The summed E-state index contributed by atoms with van der Waals surface area (Å²) in [6, 6.07) is 17.8. The summed E-state index contributed by atoms with van der Waals surface area (Å²) < 4.78 is 5.77. The van der Waals surface area contributed by atoms with E-state index in [4.69, 9.17) is 4.74 Å². The van der Waals surface area contributed by atoms with Gasteiger partial charge in [0.15, 0.2) is 5.78 Å². The molecule has 2 atom stereocenters. The van der Waals surface area contributed by atoms with Gasteiger partial charge in [-0.1, -0.05) is 48.5 Å². The number of carbonyl (C=O) groups is 2. The standard InChI is InChI=1S/C23H23NO3/c1-2-27-21-11-7-6-10-17(21)18-14-22(26)24-19-12-16(13-20(25)23(18)19)15-8-4-3-5-9-15/h3-11,16,18H,2,12-14H2,1H3,(H,24,26). The van der Waals surface area contributed by atoms with Crippen molar-refractivity contribution in [2.75, 3.05) is 6.61 Å². The van der Waals surface area contributed by atoms with E-state index in [1.807, 2.05) is 49.4 Å². The normalized spacial score (nSPS) is 22.3. The summed E-state index contributed by atoms with van der Waals surface area (Å²) in [5.74, 6) is 0.719. The second-order valence-corrected chi connectivity index (χ2v) is 7.11. The average molecular weight is 361 g/mol. The Morgan fingerprint density at radius 2 is 1.70 bits per heavy atom. The Kier molecular flexibility index (Phi) is 4.80. The number of carbonyl (C=O) groups excluding carboxylic acids is 2. The molecule has 2 aliphatic rings. The fraction of sp³-hybridized carbons (Fsp3) is 0.304. The number of hydrogen-bond donors (Lipinski definition) is 1. The molecule has 2 unspecified atom stereocenters.